The Labute approximate surface area is 123 Å². The Morgan fingerprint density at radius 1 is 1.43 bits per heavy atom. The smallest absolute Gasteiger partial charge is 0.248 e. The molecule has 1 amide bonds. The van der Waals surface area contributed by atoms with Gasteiger partial charge in [0.05, 0.1) is 11.8 Å². The van der Waals surface area contributed by atoms with Gasteiger partial charge in [-0.15, -0.1) is 0 Å². The summed E-state index contributed by atoms with van der Waals surface area (Å²) < 4.78 is 32.7. The Kier molecular flexibility index (Phi) is 4.50. The zero-order chi connectivity index (χ0) is 15.6. The van der Waals surface area contributed by atoms with Crippen molar-refractivity contribution in [1.29, 1.82) is 0 Å². The maximum Gasteiger partial charge on any atom is 0.248 e. The van der Waals surface area contributed by atoms with Crippen molar-refractivity contribution in [3.8, 4) is 0 Å². The summed E-state index contributed by atoms with van der Waals surface area (Å²) in [4.78, 5) is 11.0. The summed E-state index contributed by atoms with van der Waals surface area (Å²) in [5.41, 5.74) is 11.0. The molecule has 0 aliphatic carbocycles. The number of hydrogen-bond acceptors (Lipinski definition) is 5. The minimum absolute atomic E-state index is 0.00101. The number of amides is 1. The maximum absolute atomic E-state index is 12.4. The Balaban J connectivity index is 2.21. The van der Waals surface area contributed by atoms with Crippen LogP contribution in [0.2, 0.25) is 0 Å². The fraction of sp³-hybridized carbons (Fsp3) is 0.462. The fourth-order valence-electron chi connectivity index (χ4n) is 2.33. The van der Waals surface area contributed by atoms with Crippen LogP contribution in [0.1, 0.15) is 30.1 Å². The first-order valence-corrected chi connectivity index (χ1v) is 8.11. The van der Waals surface area contributed by atoms with E-state index >= 15 is 0 Å². The molecule has 21 heavy (non-hydrogen) atoms. The Morgan fingerprint density at radius 2 is 2.14 bits per heavy atom. The number of nitrogens with two attached hydrogens (primary N) is 2. The Morgan fingerprint density at radius 3 is 2.71 bits per heavy atom. The van der Waals surface area contributed by atoms with E-state index in [4.69, 9.17) is 16.2 Å². The summed E-state index contributed by atoms with van der Waals surface area (Å²) in [6.07, 6.45) is 1.24. The van der Waals surface area contributed by atoms with E-state index in [1.807, 2.05) is 6.92 Å². The molecule has 1 aliphatic rings. The number of primary amides is 1. The maximum atomic E-state index is 12.4. The number of sulfonamides is 1. The van der Waals surface area contributed by atoms with Crippen molar-refractivity contribution in [2.24, 2.45) is 5.73 Å². The van der Waals surface area contributed by atoms with Crippen LogP contribution in [0, 0.1) is 0 Å². The number of nitrogen functional groups attached to an aromatic ring is 1. The minimum Gasteiger partial charge on any atom is -0.398 e. The largest absolute Gasteiger partial charge is 0.398 e. The average molecular weight is 313 g/mol. The fourth-order valence-corrected chi connectivity index (χ4v) is 3.73. The summed E-state index contributed by atoms with van der Waals surface area (Å²) in [6.45, 7) is 2.42. The normalized spacial score (nSPS) is 22.9. The second kappa shape index (κ2) is 6.00. The first-order valence-electron chi connectivity index (χ1n) is 6.63. The molecule has 116 valence electrons. The topological polar surface area (TPSA) is 125 Å². The van der Waals surface area contributed by atoms with E-state index in [-0.39, 0.29) is 28.3 Å². The highest BCUT2D eigenvalue weighted by Gasteiger charge is 2.26. The van der Waals surface area contributed by atoms with Gasteiger partial charge in [-0.05, 0) is 38.0 Å². The van der Waals surface area contributed by atoms with Gasteiger partial charge in [0.2, 0.25) is 15.9 Å². The molecule has 1 aliphatic heterocycles. The van der Waals surface area contributed by atoms with Gasteiger partial charge in [0, 0.05) is 18.2 Å². The van der Waals surface area contributed by atoms with Crippen LogP contribution >= 0.6 is 0 Å². The molecule has 2 rings (SSSR count). The van der Waals surface area contributed by atoms with Gasteiger partial charge in [-0.25, -0.2) is 13.1 Å². The van der Waals surface area contributed by atoms with Gasteiger partial charge in [0.1, 0.15) is 4.90 Å². The van der Waals surface area contributed by atoms with Crippen molar-refractivity contribution < 1.29 is 17.9 Å². The highest BCUT2D eigenvalue weighted by atomic mass is 32.2. The molecule has 7 nitrogen and oxygen atoms in total. The lowest BCUT2D eigenvalue weighted by molar-refractivity contribution is 0.0173. The lowest BCUT2D eigenvalue weighted by atomic mass is 10.1. The molecular weight excluding hydrogens is 294 g/mol. The van der Waals surface area contributed by atoms with E-state index in [9.17, 15) is 13.2 Å². The molecule has 1 saturated heterocycles. The quantitative estimate of drug-likeness (QED) is 0.685. The standard InChI is InChI=1S/C13H19N3O4S/c1-8-6-10(4-5-20-8)16-21(18,19)12-3-2-9(13(15)17)7-11(12)14/h2-3,7-8,10,16H,4-6,14H2,1H3,(H2,15,17). The minimum atomic E-state index is -3.74. The van der Waals surface area contributed by atoms with E-state index in [2.05, 4.69) is 4.72 Å². The lowest BCUT2D eigenvalue weighted by Gasteiger charge is -2.27. The highest BCUT2D eigenvalue weighted by molar-refractivity contribution is 7.89. The molecule has 2 atom stereocenters. The summed E-state index contributed by atoms with van der Waals surface area (Å²) in [5, 5.41) is 0. The first kappa shape index (κ1) is 15.7. The molecule has 5 N–H and O–H groups in total. The molecule has 0 spiro atoms. The summed E-state index contributed by atoms with van der Waals surface area (Å²) in [6, 6.07) is 3.72. The zero-order valence-electron chi connectivity index (χ0n) is 11.7. The van der Waals surface area contributed by atoms with Gasteiger partial charge in [0.15, 0.2) is 0 Å². The number of carbonyl (C=O) groups is 1. The molecule has 1 heterocycles. The molecular formula is C13H19N3O4S. The molecule has 0 radical (unpaired) electrons. The molecule has 1 aromatic rings. The van der Waals surface area contributed by atoms with Crippen molar-refractivity contribution in [2.45, 2.75) is 36.8 Å². The molecule has 8 heteroatoms. The van der Waals surface area contributed by atoms with Crippen molar-refractivity contribution in [2.75, 3.05) is 12.3 Å². The van der Waals surface area contributed by atoms with Gasteiger partial charge in [-0.1, -0.05) is 0 Å². The molecule has 0 bridgehead atoms. The van der Waals surface area contributed by atoms with Crippen molar-refractivity contribution in [3.05, 3.63) is 23.8 Å². The van der Waals surface area contributed by atoms with Crippen molar-refractivity contribution >= 4 is 21.6 Å². The Hall–Kier alpha value is -1.64. The molecule has 0 aromatic heterocycles. The third-order valence-electron chi connectivity index (χ3n) is 3.39. The van der Waals surface area contributed by atoms with Crippen molar-refractivity contribution in [1.82, 2.24) is 4.72 Å². The van der Waals surface area contributed by atoms with Crippen LogP contribution in [-0.2, 0) is 14.8 Å². The summed E-state index contributed by atoms with van der Waals surface area (Å²) >= 11 is 0. The van der Waals surface area contributed by atoms with Gasteiger partial charge in [-0.3, -0.25) is 4.79 Å². The van der Waals surface area contributed by atoms with Gasteiger partial charge in [-0.2, -0.15) is 0 Å². The lowest BCUT2D eigenvalue weighted by Crippen LogP contribution is -2.41. The summed E-state index contributed by atoms with van der Waals surface area (Å²) in [7, 11) is -3.74. The third-order valence-corrected chi connectivity index (χ3v) is 4.99. The number of benzene rings is 1. The average Bonchev–Trinajstić information content (AvgIpc) is 2.37. The monoisotopic (exact) mass is 313 g/mol. The van der Waals surface area contributed by atoms with Crippen LogP contribution < -0.4 is 16.2 Å². The van der Waals surface area contributed by atoms with Crippen molar-refractivity contribution in [3.63, 3.8) is 0 Å². The van der Waals surface area contributed by atoms with Crippen LogP contribution in [0.15, 0.2) is 23.1 Å². The van der Waals surface area contributed by atoms with E-state index in [1.165, 1.54) is 18.2 Å². The number of rotatable bonds is 4. The SMILES string of the molecule is CC1CC(NS(=O)(=O)c2ccc(C(N)=O)cc2N)CCO1. The predicted molar refractivity (Wildman–Crippen MR) is 78.1 cm³/mol. The van der Waals surface area contributed by atoms with Gasteiger partial charge in [0.25, 0.3) is 0 Å². The van der Waals surface area contributed by atoms with Crippen LogP contribution in [0.4, 0.5) is 5.69 Å². The Bertz CT molecular complexity index is 645. The second-order valence-corrected chi connectivity index (χ2v) is 6.82. The molecule has 1 aromatic carbocycles. The summed E-state index contributed by atoms with van der Waals surface area (Å²) in [5.74, 6) is -0.656. The highest BCUT2D eigenvalue weighted by Crippen LogP contribution is 2.22. The number of carbonyl (C=O) groups excluding carboxylic acids is 1. The van der Waals surface area contributed by atoms with Gasteiger partial charge >= 0.3 is 0 Å². The van der Waals surface area contributed by atoms with E-state index in [0.717, 1.165) is 0 Å². The first-order chi connectivity index (χ1) is 9.79. The molecule has 0 saturated carbocycles. The number of nitrogens with one attached hydrogen (secondary N) is 1. The van der Waals surface area contributed by atoms with E-state index in [0.29, 0.717) is 19.4 Å². The van der Waals surface area contributed by atoms with Gasteiger partial charge < -0.3 is 16.2 Å². The van der Waals surface area contributed by atoms with Crippen LogP contribution in [-0.4, -0.2) is 33.1 Å². The predicted octanol–water partition coefficient (Wildman–Crippen LogP) is 0.214. The number of anilines is 1. The second-order valence-electron chi connectivity index (χ2n) is 5.14. The number of ether oxygens (including phenoxy) is 1. The molecule has 1 fully saturated rings. The van der Waals surface area contributed by atoms with E-state index < -0.39 is 15.9 Å². The molecule has 2 unspecified atom stereocenters. The van der Waals surface area contributed by atoms with Crippen LogP contribution in [0.25, 0.3) is 0 Å². The zero-order valence-corrected chi connectivity index (χ0v) is 12.5. The van der Waals surface area contributed by atoms with E-state index in [1.54, 1.807) is 0 Å². The third kappa shape index (κ3) is 3.72. The number of hydrogen-bond donors (Lipinski definition) is 3. The van der Waals surface area contributed by atoms with Crippen LogP contribution in [0.3, 0.4) is 0 Å². The van der Waals surface area contributed by atoms with Crippen LogP contribution in [0.5, 0.6) is 0 Å².